The zero-order valence-electron chi connectivity index (χ0n) is 10.4. The van der Waals surface area contributed by atoms with E-state index < -0.39 is 5.54 Å². The van der Waals surface area contributed by atoms with Crippen molar-refractivity contribution in [3.63, 3.8) is 0 Å². The maximum atomic E-state index is 12.2. The van der Waals surface area contributed by atoms with E-state index in [-0.39, 0.29) is 5.91 Å². The molecule has 98 valence electrons. The molecule has 2 atom stereocenters. The minimum atomic E-state index is -0.731. The van der Waals surface area contributed by atoms with Crippen LogP contribution in [0.1, 0.15) is 32.6 Å². The van der Waals surface area contributed by atoms with Gasteiger partial charge in [0.2, 0.25) is 5.91 Å². The highest BCUT2D eigenvalue weighted by Gasteiger charge is 2.37. The lowest BCUT2D eigenvalue weighted by Gasteiger charge is -2.35. The maximum absolute atomic E-state index is 12.2. The summed E-state index contributed by atoms with van der Waals surface area (Å²) in [7, 11) is 0. The second-order valence-corrected chi connectivity index (χ2v) is 5.99. The highest BCUT2D eigenvalue weighted by molar-refractivity contribution is 9.10. The quantitative estimate of drug-likeness (QED) is 0.825. The minimum Gasteiger partial charge on any atom is -0.323 e. The Labute approximate surface area is 115 Å². The van der Waals surface area contributed by atoms with Gasteiger partial charge < -0.3 is 11.1 Å². The number of rotatable bonds is 2. The smallest absolute Gasteiger partial charge is 0.244 e. The van der Waals surface area contributed by atoms with Crippen molar-refractivity contribution in [1.29, 1.82) is 0 Å². The van der Waals surface area contributed by atoms with Gasteiger partial charge in [0, 0.05) is 0 Å². The molecule has 18 heavy (non-hydrogen) atoms. The number of pyridine rings is 1. The lowest BCUT2D eigenvalue weighted by Crippen LogP contribution is -2.53. The molecule has 1 saturated carbocycles. The van der Waals surface area contributed by atoms with Crippen molar-refractivity contribution in [3.8, 4) is 0 Å². The van der Waals surface area contributed by atoms with Crippen molar-refractivity contribution in [3.05, 3.63) is 22.9 Å². The van der Waals surface area contributed by atoms with Crippen LogP contribution in [0.4, 0.5) is 5.69 Å². The predicted octanol–water partition coefficient (Wildman–Crippen LogP) is 2.69. The van der Waals surface area contributed by atoms with E-state index in [2.05, 4.69) is 33.2 Å². The van der Waals surface area contributed by atoms with Crippen LogP contribution in [0, 0.1) is 5.92 Å². The molecule has 1 aromatic rings. The van der Waals surface area contributed by atoms with E-state index in [0.717, 1.165) is 30.3 Å². The van der Waals surface area contributed by atoms with Crippen LogP contribution >= 0.6 is 15.9 Å². The van der Waals surface area contributed by atoms with Crippen molar-refractivity contribution in [2.45, 2.75) is 38.1 Å². The molecule has 0 aliphatic heterocycles. The normalized spacial score (nSPS) is 27.8. The van der Waals surface area contributed by atoms with Gasteiger partial charge in [-0.05, 0) is 46.8 Å². The summed E-state index contributed by atoms with van der Waals surface area (Å²) in [4.78, 5) is 16.3. The topological polar surface area (TPSA) is 68.0 Å². The molecule has 0 aromatic carbocycles. The SMILES string of the molecule is CC1CCCC(N)(C(=O)Nc2ccc(Br)nc2)C1. The molecule has 0 radical (unpaired) electrons. The summed E-state index contributed by atoms with van der Waals surface area (Å²) in [6.45, 7) is 2.15. The van der Waals surface area contributed by atoms with Crippen molar-refractivity contribution < 1.29 is 4.79 Å². The first-order valence-corrected chi connectivity index (χ1v) is 7.01. The number of carbonyl (C=O) groups is 1. The Kier molecular flexibility index (Phi) is 4.02. The van der Waals surface area contributed by atoms with Gasteiger partial charge >= 0.3 is 0 Å². The van der Waals surface area contributed by atoms with E-state index in [1.807, 2.05) is 6.07 Å². The number of carbonyl (C=O) groups excluding carboxylic acids is 1. The highest BCUT2D eigenvalue weighted by Crippen LogP contribution is 2.31. The Morgan fingerprint density at radius 3 is 3.00 bits per heavy atom. The van der Waals surface area contributed by atoms with Crippen LogP contribution in [0.2, 0.25) is 0 Å². The Balaban J connectivity index is 2.04. The van der Waals surface area contributed by atoms with Gasteiger partial charge in [-0.3, -0.25) is 4.79 Å². The molecule has 0 bridgehead atoms. The molecule has 0 saturated heterocycles. The van der Waals surface area contributed by atoms with Gasteiger partial charge in [-0.25, -0.2) is 4.98 Å². The fourth-order valence-corrected chi connectivity index (χ4v) is 2.74. The number of hydrogen-bond acceptors (Lipinski definition) is 3. The highest BCUT2D eigenvalue weighted by atomic mass is 79.9. The van der Waals surface area contributed by atoms with Crippen LogP contribution in [-0.4, -0.2) is 16.4 Å². The molecule has 3 N–H and O–H groups in total. The summed E-state index contributed by atoms with van der Waals surface area (Å²) in [5.41, 5.74) is 6.18. The molecule has 1 heterocycles. The van der Waals surface area contributed by atoms with Gasteiger partial charge in [0.25, 0.3) is 0 Å². The van der Waals surface area contributed by atoms with E-state index in [4.69, 9.17) is 5.73 Å². The average Bonchev–Trinajstić information content (AvgIpc) is 2.32. The number of nitrogens with two attached hydrogens (primary N) is 1. The standard InChI is InChI=1S/C13H18BrN3O/c1-9-3-2-6-13(15,7-9)12(18)17-10-4-5-11(14)16-8-10/h4-5,8-9H,2-3,6-7,15H2,1H3,(H,17,18). The van der Waals surface area contributed by atoms with Crippen molar-refractivity contribution in [2.75, 3.05) is 5.32 Å². The van der Waals surface area contributed by atoms with E-state index in [1.165, 1.54) is 0 Å². The molecule has 2 unspecified atom stereocenters. The zero-order valence-corrected chi connectivity index (χ0v) is 12.0. The van der Waals surface area contributed by atoms with E-state index in [9.17, 15) is 4.79 Å². The summed E-state index contributed by atoms with van der Waals surface area (Å²) < 4.78 is 0.745. The number of hydrogen-bond donors (Lipinski definition) is 2. The molecule has 0 spiro atoms. The Hall–Kier alpha value is -0.940. The van der Waals surface area contributed by atoms with Gasteiger partial charge in [0.05, 0.1) is 17.4 Å². The van der Waals surface area contributed by atoms with Crippen LogP contribution in [-0.2, 0) is 4.79 Å². The number of halogens is 1. The maximum Gasteiger partial charge on any atom is 0.244 e. The molecule has 1 aliphatic carbocycles. The van der Waals surface area contributed by atoms with Crippen LogP contribution in [0.5, 0.6) is 0 Å². The molecule has 4 nitrogen and oxygen atoms in total. The summed E-state index contributed by atoms with van der Waals surface area (Å²) in [5.74, 6) is 0.413. The van der Waals surface area contributed by atoms with Crippen LogP contribution < -0.4 is 11.1 Å². The Bertz CT molecular complexity index is 434. The van der Waals surface area contributed by atoms with Crippen LogP contribution in [0.3, 0.4) is 0 Å². The Morgan fingerprint density at radius 2 is 2.39 bits per heavy atom. The first-order valence-electron chi connectivity index (χ1n) is 6.21. The fraction of sp³-hybridized carbons (Fsp3) is 0.538. The Morgan fingerprint density at radius 1 is 1.61 bits per heavy atom. The summed E-state index contributed by atoms with van der Waals surface area (Å²) >= 11 is 3.26. The zero-order chi connectivity index (χ0) is 13.2. The number of amides is 1. The second kappa shape index (κ2) is 5.36. The summed E-state index contributed by atoms with van der Waals surface area (Å²) in [5, 5.41) is 2.85. The number of nitrogens with zero attached hydrogens (tertiary/aromatic N) is 1. The number of aromatic nitrogens is 1. The van der Waals surface area contributed by atoms with Crippen LogP contribution in [0.25, 0.3) is 0 Å². The number of anilines is 1. The van der Waals surface area contributed by atoms with Gasteiger partial charge in [-0.2, -0.15) is 0 Å². The monoisotopic (exact) mass is 311 g/mol. The van der Waals surface area contributed by atoms with E-state index >= 15 is 0 Å². The van der Waals surface area contributed by atoms with Gasteiger partial charge in [-0.1, -0.05) is 19.8 Å². The molecule has 1 amide bonds. The van der Waals surface area contributed by atoms with Crippen molar-refractivity contribution in [1.82, 2.24) is 4.98 Å². The lowest BCUT2D eigenvalue weighted by atomic mass is 9.76. The molecule has 1 aromatic heterocycles. The predicted molar refractivity (Wildman–Crippen MR) is 75.1 cm³/mol. The fourth-order valence-electron chi connectivity index (χ4n) is 2.50. The molecule has 2 rings (SSSR count). The second-order valence-electron chi connectivity index (χ2n) is 5.18. The van der Waals surface area contributed by atoms with Crippen molar-refractivity contribution in [2.24, 2.45) is 11.7 Å². The first kappa shape index (κ1) is 13.5. The van der Waals surface area contributed by atoms with E-state index in [1.54, 1.807) is 12.3 Å². The molecular formula is C13H18BrN3O. The lowest BCUT2D eigenvalue weighted by molar-refractivity contribution is -0.122. The third-order valence-corrected chi connectivity index (χ3v) is 3.94. The number of nitrogens with one attached hydrogen (secondary N) is 1. The first-order chi connectivity index (χ1) is 8.49. The minimum absolute atomic E-state index is 0.0989. The third kappa shape index (κ3) is 3.09. The van der Waals surface area contributed by atoms with Gasteiger partial charge in [-0.15, -0.1) is 0 Å². The molecule has 5 heteroatoms. The summed E-state index contributed by atoms with van der Waals surface area (Å²) in [6.07, 6.45) is 5.31. The van der Waals surface area contributed by atoms with Crippen LogP contribution in [0.15, 0.2) is 22.9 Å². The van der Waals surface area contributed by atoms with E-state index in [0.29, 0.717) is 11.6 Å². The molecule has 1 fully saturated rings. The third-order valence-electron chi connectivity index (χ3n) is 3.47. The molecular weight excluding hydrogens is 294 g/mol. The largest absolute Gasteiger partial charge is 0.323 e. The molecule has 1 aliphatic rings. The average molecular weight is 312 g/mol. The van der Waals surface area contributed by atoms with Gasteiger partial charge in [0.1, 0.15) is 4.60 Å². The van der Waals surface area contributed by atoms with Crippen molar-refractivity contribution >= 4 is 27.5 Å². The summed E-state index contributed by atoms with van der Waals surface area (Å²) in [6, 6.07) is 3.60. The van der Waals surface area contributed by atoms with Gasteiger partial charge in [0.15, 0.2) is 0 Å².